The maximum atomic E-state index is 14.0. The number of rotatable bonds is 10. The van der Waals surface area contributed by atoms with Crippen LogP contribution in [0.25, 0.3) is 10.9 Å². The number of benzene rings is 2. The van der Waals surface area contributed by atoms with Crippen molar-refractivity contribution in [2.24, 2.45) is 5.41 Å². The molecule has 1 fully saturated rings. The summed E-state index contributed by atoms with van der Waals surface area (Å²) in [6, 6.07) is 9.59. The Labute approximate surface area is 219 Å². The Bertz CT molecular complexity index is 1190. The van der Waals surface area contributed by atoms with Gasteiger partial charge in [0.05, 0.1) is 29.9 Å². The van der Waals surface area contributed by atoms with E-state index in [4.69, 9.17) is 16.3 Å². The van der Waals surface area contributed by atoms with Gasteiger partial charge in [-0.2, -0.15) is 0 Å². The van der Waals surface area contributed by atoms with Gasteiger partial charge in [0.25, 0.3) is 0 Å². The largest absolute Gasteiger partial charge is 0.497 e. The molecule has 1 saturated heterocycles. The van der Waals surface area contributed by atoms with Gasteiger partial charge < -0.3 is 20.3 Å². The fourth-order valence-corrected chi connectivity index (χ4v) is 6.30. The summed E-state index contributed by atoms with van der Waals surface area (Å²) in [7, 11) is 1.58. The van der Waals surface area contributed by atoms with E-state index < -0.39 is 23.8 Å². The van der Waals surface area contributed by atoms with Crippen molar-refractivity contribution < 1.29 is 23.7 Å². The molecule has 3 aromatic rings. The fourth-order valence-electron chi connectivity index (χ4n) is 5.06. The molecule has 0 spiro atoms. The van der Waals surface area contributed by atoms with Crippen molar-refractivity contribution >= 4 is 34.3 Å². The molecule has 0 bridgehead atoms. The summed E-state index contributed by atoms with van der Waals surface area (Å²) in [5.41, 5.74) is 0.934. The van der Waals surface area contributed by atoms with E-state index in [9.17, 15) is 19.0 Å². The van der Waals surface area contributed by atoms with Crippen molar-refractivity contribution in [3.8, 4) is 5.75 Å². The number of thioether (sulfide) groups is 1. The van der Waals surface area contributed by atoms with Gasteiger partial charge in [0.15, 0.2) is 11.6 Å². The normalized spacial score (nSPS) is 17.2. The van der Waals surface area contributed by atoms with Gasteiger partial charge in [-0.25, -0.2) is 8.78 Å². The van der Waals surface area contributed by atoms with Crippen molar-refractivity contribution in [3.05, 3.63) is 64.8 Å². The number of nitrogens with zero attached hydrogens (tertiary/aromatic N) is 1. The molecule has 9 heteroatoms. The molecule has 1 aromatic heterocycles. The van der Waals surface area contributed by atoms with Crippen molar-refractivity contribution in [3.63, 3.8) is 0 Å². The van der Waals surface area contributed by atoms with Crippen LogP contribution in [-0.2, 0) is 0 Å². The van der Waals surface area contributed by atoms with E-state index in [0.717, 1.165) is 37.4 Å². The molecule has 1 aliphatic rings. The first kappa shape index (κ1) is 27.1. The Morgan fingerprint density at radius 3 is 2.69 bits per heavy atom. The fraction of sp³-hybridized carbons (Fsp3) is 0.444. The molecule has 5 nitrogen and oxygen atoms in total. The number of nitrogens with one attached hydrogen (secondary N) is 1. The van der Waals surface area contributed by atoms with Gasteiger partial charge in [-0.3, -0.25) is 4.98 Å². The molecule has 0 amide bonds. The number of aromatic nitrogens is 1. The van der Waals surface area contributed by atoms with E-state index in [0.29, 0.717) is 46.9 Å². The molecular formula is C27H31ClF2N2O3S. The van der Waals surface area contributed by atoms with Crippen LogP contribution in [0, 0.1) is 17.0 Å². The van der Waals surface area contributed by atoms with Crippen LogP contribution in [0.2, 0.25) is 5.02 Å². The molecule has 2 heterocycles. The highest BCUT2D eigenvalue weighted by Crippen LogP contribution is 2.43. The molecule has 2 atom stereocenters. The first-order valence-corrected chi connectivity index (χ1v) is 13.5. The van der Waals surface area contributed by atoms with E-state index in [2.05, 4.69) is 10.3 Å². The molecule has 2 aromatic carbocycles. The SMILES string of the molecule is COc1ccc2ncc(Cl)c([C@H](O)CCC3([C@@H](O)CCSc4cccc(F)c4F)CCNCC3)c2c1. The first-order valence-electron chi connectivity index (χ1n) is 12.1. The lowest BCUT2D eigenvalue weighted by molar-refractivity contribution is -0.0165. The van der Waals surface area contributed by atoms with Gasteiger partial charge in [0, 0.05) is 27.8 Å². The van der Waals surface area contributed by atoms with Gasteiger partial charge in [0.1, 0.15) is 5.75 Å². The second-order valence-electron chi connectivity index (χ2n) is 9.27. The number of pyridine rings is 1. The quantitative estimate of drug-likeness (QED) is 0.280. The second-order valence-corrected chi connectivity index (χ2v) is 10.8. The lowest BCUT2D eigenvalue weighted by Gasteiger charge is -2.42. The smallest absolute Gasteiger partial charge is 0.172 e. The third-order valence-electron chi connectivity index (χ3n) is 7.19. The number of ether oxygens (including phenoxy) is 1. The highest BCUT2D eigenvalue weighted by molar-refractivity contribution is 7.99. The van der Waals surface area contributed by atoms with Gasteiger partial charge in [-0.05, 0) is 80.9 Å². The van der Waals surface area contributed by atoms with Crippen LogP contribution in [0.3, 0.4) is 0 Å². The van der Waals surface area contributed by atoms with Gasteiger partial charge in [-0.1, -0.05) is 17.7 Å². The lowest BCUT2D eigenvalue weighted by Crippen LogP contribution is -2.45. The van der Waals surface area contributed by atoms with E-state index in [-0.39, 0.29) is 10.3 Å². The maximum Gasteiger partial charge on any atom is 0.172 e. The Kier molecular flexibility index (Phi) is 9.06. The number of hydrogen-bond acceptors (Lipinski definition) is 6. The average Bonchev–Trinajstić information content (AvgIpc) is 2.89. The average molecular weight is 537 g/mol. The summed E-state index contributed by atoms with van der Waals surface area (Å²) in [6.45, 7) is 1.55. The molecule has 4 rings (SSSR count). The highest BCUT2D eigenvalue weighted by atomic mass is 35.5. The zero-order valence-corrected chi connectivity index (χ0v) is 21.7. The molecule has 194 valence electrons. The van der Waals surface area contributed by atoms with Crippen molar-refractivity contribution in [1.82, 2.24) is 10.3 Å². The Morgan fingerprint density at radius 1 is 1.17 bits per heavy atom. The summed E-state index contributed by atoms with van der Waals surface area (Å²) < 4.78 is 32.9. The molecule has 1 aliphatic heterocycles. The van der Waals surface area contributed by atoms with Crippen molar-refractivity contribution in [2.45, 2.75) is 49.2 Å². The van der Waals surface area contributed by atoms with Crippen LogP contribution in [-0.4, -0.2) is 47.3 Å². The Morgan fingerprint density at radius 2 is 1.94 bits per heavy atom. The van der Waals surface area contributed by atoms with Gasteiger partial charge in [0.2, 0.25) is 0 Å². The molecule has 0 aliphatic carbocycles. The zero-order chi connectivity index (χ0) is 25.7. The lowest BCUT2D eigenvalue weighted by atomic mass is 9.69. The maximum absolute atomic E-state index is 14.0. The second kappa shape index (κ2) is 12.0. The summed E-state index contributed by atoms with van der Waals surface area (Å²) in [5.74, 6) is -0.614. The summed E-state index contributed by atoms with van der Waals surface area (Å²) in [5, 5.41) is 27.0. The first-order chi connectivity index (χ1) is 17.3. The third-order valence-corrected chi connectivity index (χ3v) is 8.56. The number of aliphatic hydroxyl groups excluding tert-OH is 2. The van der Waals surface area contributed by atoms with E-state index >= 15 is 0 Å². The minimum atomic E-state index is -0.871. The topological polar surface area (TPSA) is 74.6 Å². The van der Waals surface area contributed by atoms with Crippen molar-refractivity contribution in [1.29, 1.82) is 0 Å². The molecule has 3 N–H and O–H groups in total. The van der Waals surface area contributed by atoms with Crippen LogP contribution >= 0.6 is 23.4 Å². The Hall–Kier alpha value is -1.97. The highest BCUT2D eigenvalue weighted by Gasteiger charge is 2.39. The van der Waals surface area contributed by atoms with Gasteiger partial charge >= 0.3 is 0 Å². The van der Waals surface area contributed by atoms with Crippen LogP contribution < -0.4 is 10.1 Å². The van der Waals surface area contributed by atoms with Crippen LogP contribution in [0.15, 0.2) is 47.5 Å². The molecule has 36 heavy (non-hydrogen) atoms. The number of halogens is 3. The van der Waals surface area contributed by atoms with E-state index in [1.807, 2.05) is 18.2 Å². The van der Waals surface area contributed by atoms with Gasteiger partial charge in [-0.15, -0.1) is 11.8 Å². The molecule has 0 radical (unpaired) electrons. The predicted molar refractivity (Wildman–Crippen MR) is 140 cm³/mol. The van der Waals surface area contributed by atoms with E-state index in [1.54, 1.807) is 19.4 Å². The van der Waals surface area contributed by atoms with Crippen molar-refractivity contribution in [2.75, 3.05) is 26.0 Å². The monoisotopic (exact) mass is 536 g/mol. The minimum Gasteiger partial charge on any atom is -0.497 e. The Balaban J connectivity index is 1.47. The number of piperidine rings is 1. The van der Waals surface area contributed by atoms with E-state index in [1.165, 1.54) is 17.8 Å². The van der Waals surface area contributed by atoms with Crippen LogP contribution in [0.1, 0.15) is 43.8 Å². The summed E-state index contributed by atoms with van der Waals surface area (Å²) in [4.78, 5) is 4.60. The summed E-state index contributed by atoms with van der Waals surface area (Å²) in [6.07, 6.45) is 3.04. The number of aliphatic hydroxyl groups is 2. The third kappa shape index (κ3) is 5.94. The number of fused-ring (bicyclic) bond motifs is 1. The van der Waals surface area contributed by atoms with Crippen LogP contribution in [0.4, 0.5) is 8.78 Å². The molecule has 0 saturated carbocycles. The zero-order valence-electron chi connectivity index (χ0n) is 20.1. The minimum absolute atomic E-state index is 0.242. The van der Waals surface area contributed by atoms with Crippen LogP contribution in [0.5, 0.6) is 5.75 Å². The number of methoxy groups -OCH3 is 1. The predicted octanol–water partition coefficient (Wildman–Crippen LogP) is 5.90. The molecule has 0 unspecified atom stereocenters. The standard InChI is InChI=1S/C27H31ClF2N2O3S/c1-35-17-5-6-21-18(15-17)25(19(28)16-32-21)22(33)7-9-27(10-12-31-13-11-27)24(34)8-14-36-23-4-2-3-20(29)26(23)30/h2-6,15-16,22,24,31,33-34H,7-14H2,1H3/t22-,24+/m1/s1. The summed E-state index contributed by atoms with van der Waals surface area (Å²) >= 11 is 7.68. The molecular weight excluding hydrogens is 506 g/mol. The number of hydrogen-bond donors (Lipinski definition) is 3.